The quantitative estimate of drug-likeness (QED) is 0.819. The molecule has 2 aliphatic heterocycles. The zero-order valence-corrected chi connectivity index (χ0v) is 11.1. The molecular formula is C14H18N4O. The van der Waals surface area contributed by atoms with E-state index in [2.05, 4.69) is 21.9 Å². The predicted molar refractivity (Wildman–Crippen MR) is 69.1 cm³/mol. The Balaban J connectivity index is 1.88. The van der Waals surface area contributed by atoms with Gasteiger partial charge in [0, 0.05) is 30.0 Å². The topological polar surface area (TPSA) is 73.0 Å². The summed E-state index contributed by atoms with van der Waals surface area (Å²) in [7, 11) is 2.16. The highest BCUT2D eigenvalue weighted by Gasteiger charge is 2.45. The maximum Gasteiger partial charge on any atom is 0.232 e. The van der Waals surface area contributed by atoms with Crippen LogP contribution in [0.5, 0.6) is 0 Å². The summed E-state index contributed by atoms with van der Waals surface area (Å²) in [5.41, 5.74) is -0.0903. The van der Waals surface area contributed by atoms with Gasteiger partial charge in [-0.3, -0.25) is 0 Å². The molecule has 2 unspecified atom stereocenters. The van der Waals surface area contributed by atoms with E-state index in [-0.39, 0.29) is 5.82 Å². The lowest BCUT2D eigenvalue weighted by Gasteiger charge is -2.50. The van der Waals surface area contributed by atoms with Crippen LogP contribution in [0.3, 0.4) is 0 Å². The van der Waals surface area contributed by atoms with E-state index in [1.165, 1.54) is 6.42 Å². The number of rotatable bonds is 1. The van der Waals surface area contributed by atoms with Crippen molar-refractivity contribution in [3.8, 4) is 6.07 Å². The molecule has 0 aliphatic carbocycles. The summed E-state index contributed by atoms with van der Waals surface area (Å²) in [6.45, 7) is 0. The number of nitrogens with zero attached hydrogens (tertiary/aromatic N) is 4. The molecule has 2 bridgehead atoms. The van der Waals surface area contributed by atoms with Crippen LogP contribution < -0.4 is 0 Å². The largest absolute Gasteiger partial charge is 0.385 e. The monoisotopic (exact) mass is 258 g/mol. The van der Waals surface area contributed by atoms with Crippen molar-refractivity contribution in [2.45, 2.75) is 49.8 Å². The van der Waals surface area contributed by atoms with Crippen LogP contribution in [0.2, 0.25) is 0 Å². The molecule has 0 spiro atoms. The maximum atomic E-state index is 10.9. The minimum atomic E-state index is -0.837. The first kappa shape index (κ1) is 12.5. The van der Waals surface area contributed by atoms with E-state index >= 15 is 0 Å². The second-order valence-electron chi connectivity index (χ2n) is 5.75. The van der Waals surface area contributed by atoms with Gasteiger partial charge in [0.25, 0.3) is 0 Å². The van der Waals surface area contributed by atoms with Crippen LogP contribution in [0.1, 0.15) is 43.5 Å². The van der Waals surface area contributed by atoms with Gasteiger partial charge in [-0.1, -0.05) is 6.42 Å². The Hall–Kier alpha value is -1.51. The summed E-state index contributed by atoms with van der Waals surface area (Å²) >= 11 is 0. The van der Waals surface area contributed by atoms with Gasteiger partial charge in [0.2, 0.25) is 5.82 Å². The molecule has 0 aromatic carbocycles. The molecule has 1 N–H and O–H groups in total. The molecule has 2 atom stereocenters. The van der Waals surface area contributed by atoms with E-state index in [1.54, 1.807) is 12.4 Å². The van der Waals surface area contributed by atoms with Crippen molar-refractivity contribution in [3.63, 3.8) is 0 Å². The van der Waals surface area contributed by atoms with E-state index in [4.69, 9.17) is 5.26 Å². The number of piperidine rings is 2. The number of fused-ring (bicyclic) bond motifs is 2. The molecule has 0 radical (unpaired) electrons. The highest BCUT2D eigenvalue weighted by Crippen LogP contribution is 2.43. The van der Waals surface area contributed by atoms with E-state index in [0.29, 0.717) is 12.1 Å². The molecular weight excluding hydrogens is 240 g/mol. The van der Waals surface area contributed by atoms with Crippen molar-refractivity contribution >= 4 is 0 Å². The third kappa shape index (κ3) is 2.11. The molecule has 5 heteroatoms. The third-order valence-electron chi connectivity index (χ3n) is 4.66. The van der Waals surface area contributed by atoms with Gasteiger partial charge in [-0.15, -0.1) is 0 Å². The van der Waals surface area contributed by atoms with Gasteiger partial charge < -0.3 is 10.0 Å². The first-order valence-corrected chi connectivity index (χ1v) is 6.79. The molecule has 100 valence electrons. The van der Waals surface area contributed by atoms with Crippen molar-refractivity contribution in [2.75, 3.05) is 7.05 Å². The lowest BCUT2D eigenvalue weighted by atomic mass is 9.73. The fourth-order valence-corrected chi connectivity index (χ4v) is 3.51. The van der Waals surface area contributed by atoms with Gasteiger partial charge in [0.05, 0.1) is 5.60 Å². The standard InChI is InChI=1S/C14H18N4O/c1-18-11-3-2-4-12(18)6-14(19,5-11)10-8-16-13(7-15)17-9-10/h8-9,11-12,19H,2-6H2,1H3. The van der Waals surface area contributed by atoms with Gasteiger partial charge in [-0.05, 0) is 32.7 Å². The van der Waals surface area contributed by atoms with Crippen LogP contribution in [-0.2, 0) is 5.60 Å². The van der Waals surface area contributed by atoms with Crippen LogP contribution in [-0.4, -0.2) is 39.1 Å². The highest BCUT2D eigenvalue weighted by molar-refractivity contribution is 5.21. The van der Waals surface area contributed by atoms with Gasteiger partial charge in [0.15, 0.2) is 0 Å². The van der Waals surface area contributed by atoms with Gasteiger partial charge in [-0.2, -0.15) is 5.26 Å². The van der Waals surface area contributed by atoms with Gasteiger partial charge in [-0.25, -0.2) is 9.97 Å². The third-order valence-corrected chi connectivity index (χ3v) is 4.66. The summed E-state index contributed by atoms with van der Waals surface area (Å²) in [6, 6.07) is 2.78. The first-order valence-electron chi connectivity index (χ1n) is 6.79. The van der Waals surface area contributed by atoms with Crippen LogP contribution in [0.15, 0.2) is 12.4 Å². The van der Waals surface area contributed by atoms with Crippen molar-refractivity contribution in [2.24, 2.45) is 0 Å². The first-order chi connectivity index (χ1) is 9.12. The lowest BCUT2D eigenvalue weighted by Crippen LogP contribution is -2.55. The number of aliphatic hydroxyl groups is 1. The Morgan fingerprint density at radius 2 is 1.89 bits per heavy atom. The number of nitriles is 1. The normalized spacial score (nSPS) is 34.8. The molecule has 5 nitrogen and oxygen atoms in total. The Morgan fingerprint density at radius 1 is 1.32 bits per heavy atom. The fourth-order valence-electron chi connectivity index (χ4n) is 3.51. The Labute approximate surface area is 112 Å². The molecule has 1 aromatic rings. The zero-order valence-electron chi connectivity index (χ0n) is 11.1. The van der Waals surface area contributed by atoms with Crippen LogP contribution in [0.4, 0.5) is 0 Å². The van der Waals surface area contributed by atoms with Gasteiger partial charge >= 0.3 is 0 Å². The molecule has 2 fully saturated rings. The second kappa shape index (κ2) is 4.55. The highest BCUT2D eigenvalue weighted by atomic mass is 16.3. The van der Waals surface area contributed by atoms with E-state index in [9.17, 15) is 5.11 Å². The van der Waals surface area contributed by atoms with E-state index < -0.39 is 5.60 Å². The second-order valence-corrected chi connectivity index (χ2v) is 5.75. The summed E-state index contributed by atoms with van der Waals surface area (Å²) in [4.78, 5) is 10.4. The van der Waals surface area contributed by atoms with E-state index in [0.717, 1.165) is 31.2 Å². The van der Waals surface area contributed by atoms with Crippen LogP contribution in [0, 0.1) is 11.3 Å². The summed E-state index contributed by atoms with van der Waals surface area (Å²) < 4.78 is 0. The average Bonchev–Trinajstić information content (AvgIpc) is 2.41. The molecule has 3 heterocycles. The van der Waals surface area contributed by atoms with E-state index in [1.807, 2.05) is 6.07 Å². The SMILES string of the molecule is CN1C2CCCC1CC(O)(c1cnc(C#N)nc1)C2. The van der Waals surface area contributed by atoms with Crippen molar-refractivity contribution in [1.29, 1.82) is 5.26 Å². The van der Waals surface area contributed by atoms with Crippen molar-refractivity contribution < 1.29 is 5.11 Å². The zero-order chi connectivity index (χ0) is 13.5. The molecule has 3 rings (SSSR count). The molecule has 2 saturated heterocycles. The smallest absolute Gasteiger partial charge is 0.232 e. The Kier molecular flexibility index (Phi) is 3.00. The van der Waals surface area contributed by atoms with Crippen LogP contribution in [0.25, 0.3) is 0 Å². The minimum Gasteiger partial charge on any atom is -0.385 e. The number of aromatic nitrogens is 2. The molecule has 0 saturated carbocycles. The molecule has 2 aliphatic rings. The molecule has 1 aromatic heterocycles. The number of hydrogen-bond acceptors (Lipinski definition) is 5. The molecule has 0 amide bonds. The minimum absolute atomic E-state index is 0.153. The number of hydrogen-bond donors (Lipinski definition) is 1. The average molecular weight is 258 g/mol. The summed E-state index contributed by atoms with van der Waals surface area (Å²) in [5, 5.41) is 19.7. The van der Waals surface area contributed by atoms with Crippen molar-refractivity contribution in [1.82, 2.24) is 14.9 Å². The summed E-state index contributed by atoms with van der Waals surface area (Å²) in [6.07, 6.45) is 8.21. The van der Waals surface area contributed by atoms with Crippen LogP contribution >= 0.6 is 0 Å². The maximum absolute atomic E-state index is 10.9. The fraction of sp³-hybridized carbons (Fsp3) is 0.643. The predicted octanol–water partition coefficient (Wildman–Crippen LogP) is 1.18. The van der Waals surface area contributed by atoms with Gasteiger partial charge in [0.1, 0.15) is 6.07 Å². The Morgan fingerprint density at radius 3 is 2.42 bits per heavy atom. The van der Waals surface area contributed by atoms with Crippen molar-refractivity contribution in [3.05, 3.63) is 23.8 Å². The Bertz CT molecular complexity index is 493. The summed E-state index contributed by atoms with van der Waals surface area (Å²) in [5.74, 6) is 0.153. The molecule has 19 heavy (non-hydrogen) atoms. The lowest BCUT2D eigenvalue weighted by molar-refractivity contribution is -0.0878.